The predicted molar refractivity (Wildman–Crippen MR) is 64.7 cm³/mol. The number of hydrogen-bond acceptors (Lipinski definition) is 1. The van der Waals surface area contributed by atoms with Gasteiger partial charge in [-0.15, -0.1) is 0 Å². The molecule has 3 rings (SSSR count). The lowest BCUT2D eigenvalue weighted by Crippen LogP contribution is -1.92. The Balaban J connectivity index is 2.22. The Morgan fingerprint density at radius 2 is 1.75 bits per heavy atom. The molecule has 16 heavy (non-hydrogen) atoms. The molecule has 0 saturated carbocycles. The summed E-state index contributed by atoms with van der Waals surface area (Å²) >= 11 is 0. The SMILES string of the molecule is CC(=O)c1ccc2c(c1)-c1ccccc1C2. The first-order valence-electron chi connectivity index (χ1n) is 5.48. The van der Waals surface area contributed by atoms with Crippen molar-refractivity contribution in [3.63, 3.8) is 0 Å². The minimum atomic E-state index is 0.132. The first kappa shape index (κ1) is 9.34. The summed E-state index contributed by atoms with van der Waals surface area (Å²) in [5.74, 6) is 0.132. The second-order valence-electron chi connectivity index (χ2n) is 4.26. The molecule has 1 aliphatic rings. The van der Waals surface area contributed by atoms with Crippen LogP contribution in [0.15, 0.2) is 42.5 Å². The van der Waals surface area contributed by atoms with Crippen LogP contribution >= 0.6 is 0 Å². The molecule has 0 aromatic heterocycles. The molecule has 0 radical (unpaired) electrons. The highest BCUT2D eigenvalue weighted by Gasteiger charge is 2.18. The maximum absolute atomic E-state index is 11.4. The van der Waals surface area contributed by atoms with Gasteiger partial charge in [0.1, 0.15) is 0 Å². The maximum Gasteiger partial charge on any atom is 0.159 e. The number of ketones is 1. The van der Waals surface area contributed by atoms with E-state index in [9.17, 15) is 4.79 Å². The second kappa shape index (κ2) is 3.31. The fourth-order valence-electron chi connectivity index (χ4n) is 2.34. The molecule has 1 aliphatic carbocycles. The highest BCUT2D eigenvalue weighted by molar-refractivity contribution is 5.96. The first-order valence-corrected chi connectivity index (χ1v) is 5.48. The van der Waals surface area contributed by atoms with Crippen LogP contribution in [-0.2, 0) is 6.42 Å². The molecule has 78 valence electrons. The van der Waals surface area contributed by atoms with Crippen LogP contribution in [0.25, 0.3) is 11.1 Å². The molecule has 0 heterocycles. The van der Waals surface area contributed by atoms with Crippen molar-refractivity contribution in [3.05, 3.63) is 59.2 Å². The second-order valence-corrected chi connectivity index (χ2v) is 4.26. The van der Waals surface area contributed by atoms with Gasteiger partial charge < -0.3 is 0 Å². The van der Waals surface area contributed by atoms with Crippen LogP contribution in [0.4, 0.5) is 0 Å². The molecule has 0 aliphatic heterocycles. The Bertz CT molecular complexity index is 582. The van der Waals surface area contributed by atoms with E-state index in [2.05, 4.69) is 24.3 Å². The topological polar surface area (TPSA) is 17.1 Å². The third-order valence-electron chi connectivity index (χ3n) is 3.20. The van der Waals surface area contributed by atoms with Crippen LogP contribution in [0.1, 0.15) is 28.4 Å². The molecule has 0 unspecified atom stereocenters. The number of hydrogen-bond donors (Lipinski definition) is 0. The van der Waals surface area contributed by atoms with E-state index in [1.54, 1.807) is 6.92 Å². The molecule has 0 amide bonds. The van der Waals surface area contributed by atoms with Crippen LogP contribution in [0, 0.1) is 0 Å². The van der Waals surface area contributed by atoms with Crippen molar-refractivity contribution in [2.45, 2.75) is 13.3 Å². The molecule has 0 spiro atoms. The van der Waals surface area contributed by atoms with E-state index in [0.29, 0.717) is 0 Å². The van der Waals surface area contributed by atoms with E-state index >= 15 is 0 Å². The number of benzene rings is 2. The summed E-state index contributed by atoms with van der Waals surface area (Å²) in [6, 6.07) is 14.4. The standard InChI is InChI=1S/C15H12O/c1-10(16)11-6-7-13-8-12-4-2-3-5-14(12)15(13)9-11/h2-7,9H,8H2,1H3. The summed E-state index contributed by atoms with van der Waals surface area (Å²) in [7, 11) is 0. The molecule has 0 atom stereocenters. The van der Waals surface area contributed by atoms with Crippen LogP contribution in [0.5, 0.6) is 0 Å². The van der Waals surface area contributed by atoms with E-state index in [1.165, 1.54) is 22.3 Å². The highest BCUT2D eigenvalue weighted by atomic mass is 16.1. The summed E-state index contributed by atoms with van der Waals surface area (Å²) in [5.41, 5.74) is 5.99. The van der Waals surface area contributed by atoms with Crippen molar-refractivity contribution in [2.75, 3.05) is 0 Å². The number of rotatable bonds is 1. The molecule has 0 bridgehead atoms. The first-order chi connectivity index (χ1) is 7.75. The van der Waals surface area contributed by atoms with Gasteiger partial charge in [0.05, 0.1) is 0 Å². The van der Waals surface area contributed by atoms with Gasteiger partial charge in [0.15, 0.2) is 5.78 Å². The normalized spacial score (nSPS) is 12.1. The van der Waals surface area contributed by atoms with Crippen molar-refractivity contribution >= 4 is 5.78 Å². The Kier molecular flexibility index (Phi) is 1.93. The van der Waals surface area contributed by atoms with Crippen molar-refractivity contribution in [1.82, 2.24) is 0 Å². The minimum absolute atomic E-state index is 0.132. The predicted octanol–water partition coefficient (Wildman–Crippen LogP) is 3.46. The molecule has 2 aromatic rings. The average molecular weight is 208 g/mol. The van der Waals surface area contributed by atoms with Gasteiger partial charge in [-0.3, -0.25) is 4.79 Å². The molecule has 2 aromatic carbocycles. The molecule has 0 saturated heterocycles. The van der Waals surface area contributed by atoms with Gasteiger partial charge in [-0.1, -0.05) is 36.4 Å². The number of fused-ring (bicyclic) bond motifs is 3. The van der Waals surface area contributed by atoms with Crippen LogP contribution < -0.4 is 0 Å². The smallest absolute Gasteiger partial charge is 0.159 e. The summed E-state index contributed by atoms with van der Waals surface area (Å²) in [6.45, 7) is 1.61. The van der Waals surface area contributed by atoms with E-state index in [4.69, 9.17) is 0 Å². The van der Waals surface area contributed by atoms with Crippen molar-refractivity contribution in [1.29, 1.82) is 0 Å². The monoisotopic (exact) mass is 208 g/mol. The van der Waals surface area contributed by atoms with E-state index in [1.807, 2.05) is 18.2 Å². The van der Waals surface area contributed by atoms with Gasteiger partial charge in [0.2, 0.25) is 0 Å². The lowest BCUT2D eigenvalue weighted by atomic mass is 10.0. The minimum Gasteiger partial charge on any atom is -0.295 e. The summed E-state index contributed by atoms with van der Waals surface area (Å²) in [4.78, 5) is 11.4. The van der Waals surface area contributed by atoms with E-state index in [0.717, 1.165) is 12.0 Å². The van der Waals surface area contributed by atoms with Crippen LogP contribution in [-0.4, -0.2) is 5.78 Å². The highest BCUT2D eigenvalue weighted by Crippen LogP contribution is 2.36. The summed E-state index contributed by atoms with van der Waals surface area (Å²) in [5, 5.41) is 0. The van der Waals surface area contributed by atoms with Crippen molar-refractivity contribution < 1.29 is 4.79 Å². The Hall–Kier alpha value is -1.89. The fourth-order valence-corrected chi connectivity index (χ4v) is 2.34. The van der Waals surface area contributed by atoms with Gasteiger partial charge in [-0.05, 0) is 41.7 Å². The fraction of sp³-hybridized carbons (Fsp3) is 0.133. The largest absolute Gasteiger partial charge is 0.295 e. The zero-order chi connectivity index (χ0) is 11.1. The average Bonchev–Trinajstić information content (AvgIpc) is 2.66. The maximum atomic E-state index is 11.4. The third-order valence-corrected chi connectivity index (χ3v) is 3.20. The van der Waals surface area contributed by atoms with Crippen LogP contribution in [0.3, 0.4) is 0 Å². The molecule has 0 N–H and O–H groups in total. The number of carbonyl (C=O) groups excluding carboxylic acids is 1. The lowest BCUT2D eigenvalue weighted by molar-refractivity contribution is 0.101. The van der Waals surface area contributed by atoms with Gasteiger partial charge in [-0.25, -0.2) is 0 Å². The molecule has 0 fully saturated rings. The molecular formula is C15H12O. The Morgan fingerprint density at radius 3 is 2.56 bits per heavy atom. The van der Waals surface area contributed by atoms with Gasteiger partial charge in [-0.2, -0.15) is 0 Å². The van der Waals surface area contributed by atoms with Gasteiger partial charge in [0.25, 0.3) is 0 Å². The van der Waals surface area contributed by atoms with Crippen molar-refractivity contribution in [3.8, 4) is 11.1 Å². The van der Waals surface area contributed by atoms with E-state index in [-0.39, 0.29) is 5.78 Å². The summed E-state index contributed by atoms with van der Waals surface area (Å²) in [6.07, 6.45) is 0.990. The lowest BCUT2D eigenvalue weighted by Gasteiger charge is -2.02. The zero-order valence-corrected chi connectivity index (χ0v) is 9.16. The van der Waals surface area contributed by atoms with Gasteiger partial charge in [0, 0.05) is 5.56 Å². The quantitative estimate of drug-likeness (QED) is 0.560. The van der Waals surface area contributed by atoms with Gasteiger partial charge >= 0.3 is 0 Å². The van der Waals surface area contributed by atoms with Crippen molar-refractivity contribution in [2.24, 2.45) is 0 Å². The number of carbonyl (C=O) groups is 1. The molecular weight excluding hydrogens is 196 g/mol. The van der Waals surface area contributed by atoms with E-state index < -0.39 is 0 Å². The van der Waals surface area contributed by atoms with Crippen LogP contribution in [0.2, 0.25) is 0 Å². The molecule has 1 heteroatoms. The Morgan fingerprint density at radius 1 is 1.00 bits per heavy atom. The third kappa shape index (κ3) is 1.28. The number of Topliss-reactive ketones (excluding diaryl/α,β-unsaturated/α-hetero) is 1. The zero-order valence-electron chi connectivity index (χ0n) is 9.16. The molecule has 1 nitrogen and oxygen atoms in total. The summed E-state index contributed by atoms with van der Waals surface area (Å²) < 4.78 is 0. The Labute approximate surface area is 94.7 Å².